The molecule has 29 heavy (non-hydrogen) atoms. The molecule has 0 saturated heterocycles. The van der Waals surface area contributed by atoms with Gasteiger partial charge in [0.2, 0.25) is 0 Å². The Morgan fingerprint density at radius 2 is 2.00 bits per heavy atom. The highest BCUT2D eigenvalue weighted by Crippen LogP contribution is 2.24. The Morgan fingerprint density at radius 1 is 1.24 bits per heavy atom. The monoisotopic (exact) mass is 396 g/mol. The van der Waals surface area contributed by atoms with Crippen molar-refractivity contribution in [2.24, 2.45) is 10.7 Å². The quantitative estimate of drug-likeness (QED) is 0.416. The fraction of sp³-hybridized carbons (Fsp3) is 0.190. The molecule has 0 fully saturated rings. The Hall–Kier alpha value is -3.68. The highest BCUT2D eigenvalue weighted by atomic mass is 19.1. The summed E-state index contributed by atoms with van der Waals surface area (Å²) < 4.78 is 19.7. The Labute approximate surface area is 167 Å². The van der Waals surface area contributed by atoms with E-state index in [1.165, 1.54) is 13.0 Å². The highest BCUT2D eigenvalue weighted by molar-refractivity contribution is 5.93. The number of carboxylic acid groups (broad SMARTS) is 1. The first-order chi connectivity index (χ1) is 13.9. The number of carbonyl (C=O) groups is 1. The molecule has 0 spiro atoms. The van der Waals surface area contributed by atoms with Crippen molar-refractivity contribution in [3.63, 3.8) is 0 Å². The number of benzene rings is 2. The fourth-order valence-corrected chi connectivity index (χ4v) is 2.75. The molecule has 8 heteroatoms. The molecule has 0 radical (unpaired) electrons. The van der Waals surface area contributed by atoms with Crippen LogP contribution in [-0.4, -0.2) is 28.2 Å². The lowest BCUT2D eigenvalue weighted by Crippen LogP contribution is -2.27. The molecule has 0 bridgehead atoms. The lowest BCUT2D eigenvalue weighted by Gasteiger charge is -2.06. The summed E-state index contributed by atoms with van der Waals surface area (Å²) in [5.41, 5.74) is 7.88. The largest absolute Gasteiger partial charge is 0.480 e. The van der Waals surface area contributed by atoms with Crippen LogP contribution in [0.4, 0.5) is 10.2 Å². The van der Waals surface area contributed by atoms with E-state index in [1.54, 1.807) is 12.1 Å². The van der Waals surface area contributed by atoms with Gasteiger partial charge in [-0.15, -0.1) is 0 Å². The van der Waals surface area contributed by atoms with E-state index in [4.69, 9.17) is 15.4 Å². The zero-order valence-corrected chi connectivity index (χ0v) is 15.8. The van der Waals surface area contributed by atoms with Crippen LogP contribution in [0, 0.1) is 5.82 Å². The molecular weight excluding hydrogens is 375 g/mol. The average molecular weight is 396 g/mol. The van der Waals surface area contributed by atoms with Gasteiger partial charge in [0.25, 0.3) is 0 Å². The number of hydrogen-bond acceptors (Lipinski definition) is 4. The van der Waals surface area contributed by atoms with Crippen LogP contribution in [-0.2, 0) is 17.6 Å². The van der Waals surface area contributed by atoms with Crippen molar-refractivity contribution in [1.29, 1.82) is 0 Å². The normalized spacial score (nSPS) is 12.6. The van der Waals surface area contributed by atoms with E-state index in [2.05, 4.69) is 15.5 Å². The Kier molecular flexibility index (Phi) is 6.23. The lowest BCUT2D eigenvalue weighted by atomic mass is 10.0. The summed E-state index contributed by atoms with van der Waals surface area (Å²) in [4.78, 5) is 14.6. The summed E-state index contributed by atoms with van der Waals surface area (Å²) in [6.07, 6.45) is 1.08. The maximum Gasteiger partial charge on any atom is 0.328 e. The van der Waals surface area contributed by atoms with Gasteiger partial charge in [0.15, 0.2) is 11.8 Å². The number of guanidine groups is 1. The molecule has 3 aromatic rings. The summed E-state index contributed by atoms with van der Waals surface area (Å²) in [5.74, 6) is -0.520. The summed E-state index contributed by atoms with van der Waals surface area (Å²) in [6, 6.07) is 15.2. The van der Waals surface area contributed by atoms with Crippen LogP contribution in [0.15, 0.2) is 64.1 Å². The van der Waals surface area contributed by atoms with Gasteiger partial charge in [0.1, 0.15) is 17.6 Å². The summed E-state index contributed by atoms with van der Waals surface area (Å²) in [7, 11) is 0. The molecule has 3 rings (SSSR count). The summed E-state index contributed by atoms with van der Waals surface area (Å²) >= 11 is 0. The molecule has 0 aliphatic carbocycles. The predicted octanol–water partition coefficient (Wildman–Crippen LogP) is 3.47. The van der Waals surface area contributed by atoms with E-state index < -0.39 is 12.0 Å². The molecular formula is C21H21FN4O3. The summed E-state index contributed by atoms with van der Waals surface area (Å²) in [5, 5.41) is 15.3. The van der Waals surface area contributed by atoms with Crippen molar-refractivity contribution in [2.45, 2.75) is 25.8 Å². The second kappa shape index (κ2) is 9.01. The van der Waals surface area contributed by atoms with Gasteiger partial charge in [0, 0.05) is 18.1 Å². The number of aliphatic carboxylic acids is 1. The van der Waals surface area contributed by atoms with Crippen LogP contribution < -0.4 is 11.1 Å². The average Bonchev–Trinajstić information content (AvgIpc) is 3.14. The zero-order valence-electron chi connectivity index (χ0n) is 15.8. The smallest absolute Gasteiger partial charge is 0.328 e. The van der Waals surface area contributed by atoms with Gasteiger partial charge in [-0.3, -0.25) is 0 Å². The fourth-order valence-electron chi connectivity index (χ4n) is 2.75. The third-order valence-corrected chi connectivity index (χ3v) is 4.28. The van der Waals surface area contributed by atoms with Crippen molar-refractivity contribution < 1.29 is 18.8 Å². The molecule has 0 aliphatic heterocycles. The number of nitrogens with one attached hydrogen (secondary N) is 1. The maximum absolute atomic E-state index is 14.5. The third-order valence-electron chi connectivity index (χ3n) is 4.28. The van der Waals surface area contributed by atoms with Crippen molar-refractivity contribution in [1.82, 2.24) is 5.16 Å². The van der Waals surface area contributed by atoms with Gasteiger partial charge in [-0.25, -0.2) is 14.2 Å². The van der Waals surface area contributed by atoms with Crippen LogP contribution in [0.1, 0.15) is 18.2 Å². The highest BCUT2D eigenvalue weighted by Gasteiger charge is 2.11. The molecule has 2 aromatic carbocycles. The topological polar surface area (TPSA) is 114 Å². The van der Waals surface area contributed by atoms with Crippen LogP contribution >= 0.6 is 0 Å². The number of aryl methyl sites for hydroxylation is 2. The first-order valence-electron chi connectivity index (χ1n) is 9.05. The molecule has 1 atom stereocenters. The van der Waals surface area contributed by atoms with Gasteiger partial charge in [0.05, 0.1) is 0 Å². The summed E-state index contributed by atoms with van der Waals surface area (Å²) in [6.45, 7) is 1.41. The van der Waals surface area contributed by atoms with E-state index in [1.807, 2.05) is 36.4 Å². The van der Waals surface area contributed by atoms with Crippen LogP contribution in [0.3, 0.4) is 0 Å². The Balaban J connectivity index is 1.60. The minimum atomic E-state index is -1.08. The van der Waals surface area contributed by atoms with Gasteiger partial charge in [-0.1, -0.05) is 47.6 Å². The molecule has 1 aromatic heterocycles. The number of aromatic nitrogens is 1. The van der Waals surface area contributed by atoms with Crippen molar-refractivity contribution in [2.75, 3.05) is 5.32 Å². The third kappa shape index (κ3) is 5.41. The predicted molar refractivity (Wildman–Crippen MR) is 108 cm³/mol. The minimum Gasteiger partial charge on any atom is -0.480 e. The molecule has 0 saturated carbocycles. The van der Waals surface area contributed by atoms with Gasteiger partial charge < -0.3 is 20.7 Å². The Bertz CT molecular complexity index is 1020. The van der Waals surface area contributed by atoms with Gasteiger partial charge in [-0.05, 0) is 30.5 Å². The van der Waals surface area contributed by atoms with Crippen molar-refractivity contribution in [3.05, 3.63) is 71.7 Å². The van der Waals surface area contributed by atoms with E-state index in [9.17, 15) is 9.18 Å². The molecule has 0 amide bonds. The molecule has 0 aliphatic rings. The number of aliphatic imine (C=N–C) groups is 1. The molecule has 1 unspecified atom stereocenters. The first kappa shape index (κ1) is 20.1. The molecule has 150 valence electrons. The second-order valence-corrected chi connectivity index (χ2v) is 6.51. The van der Waals surface area contributed by atoms with E-state index in [0.717, 1.165) is 11.1 Å². The van der Waals surface area contributed by atoms with Crippen LogP contribution in [0.5, 0.6) is 0 Å². The SMILES string of the molecule is CC(N=C(N)Nc1cc(CCc2ccc(-c3ccccc3)c(F)c2)on1)C(=O)O. The maximum atomic E-state index is 14.5. The zero-order chi connectivity index (χ0) is 20.8. The number of halogens is 1. The van der Waals surface area contributed by atoms with Gasteiger partial charge in [-0.2, -0.15) is 0 Å². The lowest BCUT2D eigenvalue weighted by molar-refractivity contribution is -0.137. The minimum absolute atomic E-state index is 0.0710. The number of carboxylic acids is 1. The van der Waals surface area contributed by atoms with Crippen LogP contribution in [0.2, 0.25) is 0 Å². The Morgan fingerprint density at radius 3 is 2.69 bits per heavy atom. The van der Waals surface area contributed by atoms with Crippen molar-refractivity contribution >= 4 is 17.7 Å². The number of rotatable bonds is 7. The van der Waals surface area contributed by atoms with E-state index >= 15 is 0 Å². The van der Waals surface area contributed by atoms with Crippen molar-refractivity contribution in [3.8, 4) is 11.1 Å². The van der Waals surface area contributed by atoms with E-state index in [0.29, 0.717) is 30.0 Å². The van der Waals surface area contributed by atoms with Crippen LogP contribution in [0.25, 0.3) is 11.1 Å². The standard InChI is InChI=1S/C21H21FN4O3/c1-13(20(27)28)24-21(23)25-19-12-16(29-26-19)9-7-14-8-10-17(18(22)11-14)15-5-3-2-4-6-15/h2-6,8,10-13H,7,9H2,1H3,(H,27,28)(H3,23,24,25,26). The molecule has 4 N–H and O–H groups in total. The number of anilines is 1. The first-order valence-corrected chi connectivity index (χ1v) is 9.05. The second-order valence-electron chi connectivity index (χ2n) is 6.51. The molecule has 7 nitrogen and oxygen atoms in total. The number of nitrogens with two attached hydrogens (primary N) is 1. The van der Waals surface area contributed by atoms with Gasteiger partial charge >= 0.3 is 5.97 Å². The van der Waals surface area contributed by atoms with E-state index in [-0.39, 0.29) is 11.8 Å². The molecule has 1 heterocycles. The number of nitrogens with zero attached hydrogens (tertiary/aromatic N) is 2. The number of hydrogen-bond donors (Lipinski definition) is 3.